The maximum atomic E-state index is 11.0. The van der Waals surface area contributed by atoms with Gasteiger partial charge in [0.1, 0.15) is 10.1 Å². The molecule has 0 amide bonds. The monoisotopic (exact) mass is 481 g/mol. The first-order valence-corrected chi connectivity index (χ1v) is 11.9. The number of carbonyl (C=O) groups is 3. The lowest BCUT2D eigenvalue weighted by atomic mass is 10.1. The minimum atomic E-state index is -4.57. The third-order valence-electron chi connectivity index (χ3n) is 4.70. The van der Waals surface area contributed by atoms with Gasteiger partial charge in [0.15, 0.2) is 17.3 Å². The molecule has 34 heavy (non-hydrogen) atoms. The van der Waals surface area contributed by atoms with E-state index in [1.807, 2.05) is 62.4 Å². The summed E-state index contributed by atoms with van der Waals surface area (Å²) >= 11 is 0. The van der Waals surface area contributed by atoms with E-state index in [0.717, 1.165) is 11.1 Å². The van der Waals surface area contributed by atoms with Gasteiger partial charge >= 0.3 is 0 Å². The smallest absolute Gasteiger partial charge is 0.161 e. The molecule has 0 unspecified atom stereocenters. The summed E-state index contributed by atoms with van der Waals surface area (Å²) in [4.78, 5) is 32.1. The van der Waals surface area contributed by atoms with Crippen molar-refractivity contribution in [1.29, 1.82) is 0 Å². The number of hydrogen-bond donors (Lipinski definition) is 0. The van der Waals surface area contributed by atoms with Gasteiger partial charge < -0.3 is 4.55 Å². The first-order chi connectivity index (χ1) is 15.7. The summed E-state index contributed by atoms with van der Waals surface area (Å²) in [6.45, 7) is 10.0. The zero-order chi connectivity index (χ0) is 26.1. The highest BCUT2D eigenvalue weighted by atomic mass is 32.2. The molecule has 0 atom stereocenters. The minimum Gasteiger partial charge on any atom is -0.744 e. The van der Waals surface area contributed by atoms with Crippen molar-refractivity contribution in [3.63, 3.8) is 0 Å². The molecule has 0 spiro atoms. The number of ketones is 3. The van der Waals surface area contributed by atoms with Crippen LogP contribution in [-0.2, 0) is 10.1 Å². The highest BCUT2D eigenvalue weighted by Gasteiger charge is 2.12. The maximum absolute atomic E-state index is 11.0. The standard InChI is InChI=1S/C9H10O4S.2C9H10O/c1-6-3-4-8(7(2)10)9(5-6)14(11,12)13;2*1-7-3-5-9(6-4-7)8(2)10/h3-5H,1-2H3,(H,11,12,13);2*3-6H,1-2H3/p-1. The van der Waals surface area contributed by atoms with Crippen LogP contribution < -0.4 is 0 Å². The van der Waals surface area contributed by atoms with Gasteiger partial charge in [-0.15, -0.1) is 0 Å². The van der Waals surface area contributed by atoms with Crippen LogP contribution in [0.15, 0.2) is 71.6 Å². The summed E-state index contributed by atoms with van der Waals surface area (Å²) in [5.41, 5.74) is 4.52. The third kappa shape index (κ3) is 9.60. The van der Waals surface area contributed by atoms with E-state index in [9.17, 15) is 27.4 Å². The first kappa shape index (κ1) is 28.6. The molecule has 0 saturated heterocycles. The van der Waals surface area contributed by atoms with Crippen molar-refractivity contribution in [2.24, 2.45) is 0 Å². The highest BCUT2D eigenvalue weighted by molar-refractivity contribution is 7.85. The van der Waals surface area contributed by atoms with Crippen molar-refractivity contribution < 1.29 is 27.4 Å². The van der Waals surface area contributed by atoms with Crippen molar-refractivity contribution in [1.82, 2.24) is 0 Å². The van der Waals surface area contributed by atoms with Gasteiger partial charge in [-0.3, -0.25) is 14.4 Å². The fourth-order valence-electron chi connectivity index (χ4n) is 2.70. The van der Waals surface area contributed by atoms with Gasteiger partial charge in [0.25, 0.3) is 0 Å². The fourth-order valence-corrected chi connectivity index (χ4v) is 3.52. The van der Waals surface area contributed by atoms with Crippen molar-refractivity contribution in [3.8, 4) is 0 Å². The summed E-state index contributed by atoms with van der Waals surface area (Å²) in [7, 11) is -4.57. The summed E-state index contributed by atoms with van der Waals surface area (Å²) in [6.07, 6.45) is 0. The number of rotatable bonds is 4. The van der Waals surface area contributed by atoms with Gasteiger partial charge in [0.2, 0.25) is 0 Å². The van der Waals surface area contributed by atoms with Crippen LogP contribution in [0.3, 0.4) is 0 Å². The van der Waals surface area contributed by atoms with Gasteiger partial charge in [0, 0.05) is 16.7 Å². The van der Waals surface area contributed by atoms with Crippen LogP contribution in [0.25, 0.3) is 0 Å². The SMILES string of the molecule is CC(=O)c1ccc(C)cc1.CC(=O)c1ccc(C)cc1.CC(=O)c1ccc(C)cc1S(=O)(=O)[O-]. The number of aryl methyl sites for hydroxylation is 3. The van der Waals surface area contributed by atoms with E-state index in [4.69, 9.17) is 0 Å². The average molecular weight is 482 g/mol. The van der Waals surface area contributed by atoms with Crippen LogP contribution in [0.2, 0.25) is 0 Å². The molecule has 0 fully saturated rings. The third-order valence-corrected chi connectivity index (χ3v) is 5.58. The van der Waals surface area contributed by atoms with E-state index < -0.39 is 20.8 Å². The van der Waals surface area contributed by atoms with Crippen LogP contribution in [0, 0.1) is 20.8 Å². The zero-order valence-corrected chi connectivity index (χ0v) is 21.0. The van der Waals surface area contributed by atoms with Gasteiger partial charge in [-0.2, -0.15) is 0 Å². The molecule has 0 aliphatic heterocycles. The van der Waals surface area contributed by atoms with Crippen molar-refractivity contribution in [3.05, 3.63) is 100 Å². The summed E-state index contributed by atoms with van der Waals surface area (Å²) in [6, 6.07) is 19.3. The number of benzene rings is 3. The van der Waals surface area contributed by atoms with Crippen LogP contribution in [0.1, 0.15) is 68.5 Å². The Hall–Kier alpha value is -3.42. The Morgan fingerprint density at radius 1 is 0.588 bits per heavy atom. The van der Waals surface area contributed by atoms with Crippen LogP contribution in [-0.4, -0.2) is 30.3 Å². The first-order valence-electron chi connectivity index (χ1n) is 10.4. The van der Waals surface area contributed by atoms with Gasteiger partial charge in [-0.25, -0.2) is 8.42 Å². The Morgan fingerprint density at radius 3 is 1.24 bits per heavy atom. The van der Waals surface area contributed by atoms with Crippen molar-refractivity contribution in [2.75, 3.05) is 0 Å². The van der Waals surface area contributed by atoms with E-state index in [1.165, 1.54) is 30.2 Å². The van der Waals surface area contributed by atoms with Gasteiger partial charge in [-0.1, -0.05) is 65.7 Å². The fraction of sp³-hybridized carbons (Fsp3) is 0.222. The predicted molar refractivity (Wildman–Crippen MR) is 132 cm³/mol. The molecule has 0 aliphatic carbocycles. The summed E-state index contributed by atoms with van der Waals surface area (Å²) in [5.74, 6) is -0.181. The molecule has 3 aromatic rings. The van der Waals surface area contributed by atoms with E-state index in [0.29, 0.717) is 5.56 Å². The summed E-state index contributed by atoms with van der Waals surface area (Å²) < 4.78 is 32.4. The predicted octanol–water partition coefficient (Wildman–Crippen LogP) is 5.50. The normalized spacial score (nSPS) is 10.2. The lowest BCUT2D eigenvalue weighted by Gasteiger charge is -2.11. The van der Waals surface area contributed by atoms with Gasteiger partial charge in [0.05, 0.1) is 4.90 Å². The highest BCUT2D eigenvalue weighted by Crippen LogP contribution is 2.17. The Morgan fingerprint density at radius 2 is 0.941 bits per heavy atom. The van der Waals surface area contributed by atoms with Crippen LogP contribution in [0.4, 0.5) is 0 Å². The molecule has 0 aromatic heterocycles. The number of Topliss-reactive ketones (excluding diaryl/α,β-unsaturated/α-hetero) is 3. The van der Waals surface area contributed by atoms with E-state index >= 15 is 0 Å². The zero-order valence-electron chi connectivity index (χ0n) is 20.2. The molecule has 3 rings (SSSR count). The number of hydrogen-bond acceptors (Lipinski definition) is 6. The largest absolute Gasteiger partial charge is 0.744 e. The molecule has 6 nitrogen and oxygen atoms in total. The maximum Gasteiger partial charge on any atom is 0.161 e. The molecule has 0 heterocycles. The molecule has 0 saturated carbocycles. The molecule has 180 valence electrons. The van der Waals surface area contributed by atoms with Crippen LogP contribution in [0.5, 0.6) is 0 Å². The van der Waals surface area contributed by atoms with Crippen molar-refractivity contribution >= 4 is 27.5 Å². The van der Waals surface area contributed by atoms with E-state index in [-0.39, 0.29) is 17.1 Å². The van der Waals surface area contributed by atoms with Crippen molar-refractivity contribution in [2.45, 2.75) is 46.4 Å². The molecule has 7 heteroatoms. The topological polar surface area (TPSA) is 108 Å². The Bertz CT molecular complexity index is 1200. The Balaban J connectivity index is 0.000000261. The molecule has 0 aliphatic rings. The quantitative estimate of drug-likeness (QED) is 0.360. The second kappa shape index (κ2) is 12.7. The second-order valence-electron chi connectivity index (χ2n) is 7.85. The molecule has 0 N–H and O–H groups in total. The molecular formula is C27H29O6S-. The molecule has 0 radical (unpaired) electrons. The number of carbonyl (C=O) groups excluding carboxylic acids is 3. The summed E-state index contributed by atoms with van der Waals surface area (Å²) in [5, 5.41) is 0. The lowest BCUT2D eigenvalue weighted by Crippen LogP contribution is -2.06. The van der Waals surface area contributed by atoms with Gasteiger partial charge in [-0.05, 0) is 59.2 Å². The Labute approximate surface area is 201 Å². The Kier molecular flexibility index (Phi) is 10.7. The van der Waals surface area contributed by atoms with Crippen LogP contribution >= 0.6 is 0 Å². The molecule has 0 bridgehead atoms. The molecular weight excluding hydrogens is 452 g/mol. The average Bonchev–Trinajstić information content (AvgIpc) is 2.74. The minimum absolute atomic E-state index is 0.0504. The van der Waals surface area contributed by atoms with E-state index in [1.54, 1.807) is 26.8 Å². The van der Waals surface area contributed by atoms with E-state index in [2.05, 4.69) is 0 Å². The second-order valence-corrected chi connectivity index (χ2v) is 9.20. The molecule has 3 aromatic carbocycles. The lowest BCUT2D eigenvalue weighted by molar-refractivity contribution is 0.100.